The van der Waals surface area contributed by atoms with E-state index in [0.717, 1.165) is 43.8 Å². The lowest BCUT2D eigenvalue weighted by atomic mass is 10.1. The lowest BCUT2D eigenvalue weighted by Crippen LogP contribution is -2.38. The van der Waals surface area contributed by atoms with Crippen molar-refractivity contribution in [1.29, 1.82) is 0 Å². The number of carbonyl (C=O) groups excluding carboxylic acids is 1. The highest BCUT2D eigenvalue weighted by Crippen LogP contribution is 2.22. The third kappa shape index (κ3) is 3.51. The van der Waals surface area contributed by atoms with Gasteiger partial charge in [0.25, 0.3) is 5.91 Å². The zero-order chi connectivity index (χ0) is 14.5. The predicted octanol–water partition coefficient (Wildman–Crippen LogP) is 2.10. The predicted molar refractivity (Wildman–Crippen MR) is 79.8 cm³/mol. The number of rotatable bonds is 5. The average molecular weight is 276 g/mol. The summed E-state index contributed by atoms with van der Waals surface area (Å²) in [4.78, 5) is 14.2. The summed E-state index contributed by atoms with van der Waals surface area (Å²) in [6.45, 7) is 6.36. The van der Waals surface area contributed by atoms with Gasteiger partial charge in [-0.1, -0.05) is 17.7 Å². The fourth-order valence-electron chi connectivity index (χ4n) is 2.59. The first-order valence-corrected chi connectivity index (χ1v) is 7.31. The number of amides is 1. The van der Waals surface area contributed by atoms with Crippen molar-refractivity contribution in [3.8, 4) is 5.75 Å². The van der Waals surface area contributed by atoms with Gasteiger partial charge in [0.05, 0.1) is 0 Å². The van der Waals surface area contributed by atoms with E-state index in [9.17, 15) is 4.79 Å². The summed E-state index contributed by atoms with van der Waals surface area (Å²) < 4.78 is 5.90. The molecule has 1 heterocycles. The maximum absolute atomic E-state index is 12.3. The van der Waals surface area contributed by atoms with Gasteiger partial charge >= 0.3 is 0 Å². The number of nitrogens with zero attached hydrogens (tertiary/aromatic N) is 1. The molecule has 0 aromatic heterocycles. The minimum atomic E-state index is -0.425. The molecular weight excluding hydrogens is 252 g/mol. The zero-order valence-corrected chi connectivity index (χ0v) is 12.6. The van der Waals surface area contributed by atoms with Gasteiger partial charge in [-0.05, 0) is 39.8 Å². The third-order valence-corrected chi connectivity index (χ3v) is 3.65. The van der Waals surface area contributed by atoms with E-state index in [2.05, 4.69) is 18.3 Å². The Labute approximate surface area is 121 Å². The molecule has 4 heteroatoms. The SMILES string of the molecule is CNCc1cc(C)ccc1OC(C)C(=O)N1CCCC1. The van der Waals surface area contributed by atoms with Gasteiger partial charge in [0.1, 0.15) is 5.75 Å². The largest absolute Gasteiger partial charge is 0.481 e. The fourth-order valence-corrected chi connectivity index (χ4v) is 2.59. The van der Waals surface area contributed by atoms with E-state index < -0.39 is 6.10 Å². The molecule has 1 fully saturated rings. The molecule has 0 saturated carbocycles. The maximum Gasteiger partial charge on any atom is 0.263 e. The van der Waals surface area contributed by atoms with Crippen molar-refractivity contribution >= 4 is 5.91 Å². The van der Waals surface area contributed by atoms with Crippen molar-refractivity contribution in [2.45, 2.75) is 39.3 Å². The lowest BCUT2D eigenvalue weighted by Gasteiger charge is -2.22. The van der Waals surface area contributed by atoms with Crippen LogP contribution in [0.2, 0.25) is 0 Å². The van der Waals surface area contributed by atoms with Crippen molar-refractivity contribution in [1.82, 2.24) is 10.2 Å². The van der Waals surface area contributed by atoms with Crippen molar-refractivity contribution in [2.24, 2.45) is 0 Å². The number of likely N-dealkylation sites (tertiary alicyclic amines) is 1. The summed E-state index contributed by atoms with van der Waals surface area (Å²) in [6.07, 6.45) is 1.79. The summed E-state index contributed by atoms with van der Waals surface area (Å²) in [5.41, 5.74) is 2.29. The molecule has 0 aliphatic carbocycles. The fraction of sp³-hybridized carbons (Fsp3) is 0.562. The Balaban J connectivity index is 2.06. The number of nitrogens with one attached hydrogen (secondary N) is 1. The van der Waals surface area contributed by atoms with E-state index in [4.69, 9.17) is 4.74 Å². The van der Waals surface area contributed by atoms with Crippen molar-refractivity contribution in [3.63, 3.8) is 0 Å². The van der Waals surface area contributed by atoms with Crippen LogP contribution in [-0.2, 0) is 11.3 Å². The van der Waals surface area contributed by atoms with E-state index in [1.54, 1.807) is 0 Å². The van der Waals surface area contributed by atoms with E-state index in [0.29, 0.717) is 0 Å². The quantitative estimate of drug-likeness (QED) is 0.895. The summed E-state index contributed by atoms with van der Waals surface area (Å²) in [5, 5.41) is 3.13. The van der Waals surface area contributed by atoms with Crippen LogP contribution in [0.5, 0.6) is 5.75 Å². The number of hydrogen-bond acceptors (Lipinski definition) is 3. The first-order valence-electron chi connectivity index (χ1n) is 7.31. The Morgan fingerprint density at radius 1 is 1.40 bits per heavy atom. The van der Waals surface area contributed by atoms with Gasteiger partial charge in [-0.2, -0.15) is 0 Å². The standard InChI is InChI=1S/C16H24N2O2/c1-12-6-7-15(14(10-12)11-17-3)20-13(2)16(19)18-8-4-5-9-18/h6-7,10,13,17H,4-5,8-9,11H2,1-3H3. The molecule has 1 amide bonds. The van der Waals surface area contributed by atoms with E-state index in [1.807, 2.05) is 31.0 Å². The van der Waals surface area contributed by atoms with Crippen LogP contribution in [0.25, 0.3) is 0 Å². The molecule has 1 aliphatic heterocycles. The molecule has 2 rings (SSSR count). The van der Waals surface area contributed by atoms with Crippen LogP contribution in [0.15, 0.2) is 18.2 Å². The van der Waals surface area contributed by atoms with E-state index in [1.165, 1.54) is 5.56 Å². The number of aryl methyl sites for hydroxylation is 1. The highest BCUT2D eigenvalue weighted by atomic mass is 16.5. The second kappa shape index (κ2) is 6.75. The molecule has 1 atom stereocenters. The molecule has 1 unspecified atom stereocenters. The minimum Gasteiger partial charge on any atom is -0.481 e. The van der Waals surface area contributed by atoms with Gasteiger partial charge in [-0.25, -0.2) is 0 Å². The minimum absolute atomic E-state index is 0.0958. The Hall–Kier alpha value is -1.55. The maximum atomic E-state index is 12.3. The van der Waals surface area contributed by atoms with Crippen LogP contribution in [0.1, 0.15) is 30.9 Å². The summed E-state index contributed by atoms with van der Waals surface area (Å²) in [6, 6.07) is 6.07. The van der Waals surface area contributed by atoms with Gasteiger partial charge in [0.2, 0.25) is 0 Å². The van der Waals surface area contributed by atoms with Gasteiger partial charge in [0, 0.05) is 25.2 Å². The van der Waals surface area contributed by atoms with Gasteiger partial charge in [-0.15, -0.1) is 0 Å². The molecule has 0 radical (unpaired) electrons. The first kappa shape index (κ1) is 14.9. The number of carbonyl (C=O) groups is 1. The second-order valence-electron chi connectivity index (χ2n) is 5.43. The van der Waals surface area contributed by atoms with Gasteiger partial charge < -0.3 is 15.0 Å². The van der Waals surface area contributed by atoms with Crippen LogP contribution in [0.4, 0.5) is 0 Å². The Morgan fingerprint density at radius 2 is 2.10 bits per heavy atom. The average Bonchev–Trinajstić information content (AvgIpc) is 2.95. The lowest BCUT2D eigenvalue weighted by molar-refractivity contribution is -0.136. The summed E-state index contributed by atoms with van der Waals surface area (Å²) >= 11 is 0. The zero-order valence-electron chi connectivity index (χ0n) is 12.6. The first-order chi connectivity index (χ1) is 9.61. The highest BCUT2D eigenvalue weighted by Gasteiger charge is 2.24. The molecule has 1 aromatic carbocycles. The smallest absolute Gasteiger partial charge is 0.263 e. The molecule has 0 bridgehead atoms. The van der Waals surface area contributed by atoms with Gasteiger partial charge in [0.15, 0.2) is 6.10 Å². The Kier molecular flexibility index (Phi) is 5.01. The molecule has 1 aliphatic rings. The molecule has 20 heavy (non-hydrogen) atoms. The highest BCUT2D eigenvalue weighted by molar-refractivity contribution is 5.81. The second-order valence-corrected chi connectivity index (χ2v) is 5.43. The van der Waals surface area contributed by atoms with Crippen molar-refractivity contribution in [2.75, 3.05) is 20.1 Å². The monoisotopic (exact) mass is 276 g/mol. The normalized spacial score (nSPS) is 16.2. The Morgan fingerprint density at radius 3 is 2.75 bits per heavy atom. The van der Waals surface area contributed by atoms with Crippen molar-refractivity contribution < 1.29 is 9.53 Å². The van der Waals surface area contributed by atoms with Crippen LogP contribution in [0.3, 0.4) is 0 Å². The Bertz CT molecular complexity index is 468. The molecule has 1 N–H and O–H groups in total. The number of benzene rings is 1. The van der Waals surface area contributed by atoms with Crippen LogP contribution in [0, 0.1) is 6.92 Å². The van der Waals surface area contributed by atoms with Crippen LogP contribution in [-0.4, -0.2) is 37.0 Å². The molecule has 0 spiro atoms. The van der Waals surface area contributed by atoms with Crippen molar-refractivity contribution in [3.05, 3.63) is 29.3 Å². The van der Waals surface area contributed by atoms with Crippen LogP contribution < -0.4 is 10.1 Å². The third-order valence-electron chi connectivity index (χ3n) is 3.65. The van der Waals surface area contributed by atoms with E-state index >= 15 is 0 Å². The summed E-state index contributed by atoms with van der Waals surface area (Å²) in [5.74, 6) is 0.892. The molecule has 1 aromatic rings. The number of ether oxygens (including phenoxy) is 1. The van der Waals surface area contributed by atoms with E-state index in [-0.39, 0.29) is 5.91 Å². The molecule has 110 valence electrons. The molecule has 4 nitrogen and oxygen atoms in total. The summed E-state index contributed by atoms with van der Waals surface area (Å²) in [7, 11) is 1.91. The molecular formula is C16H24N2O2. The number of hydrogen-bond donors (Lipinski definition) is 1. The van der Waals surface area contributed by atoms with Crippen LogP contribution >= 0.6 is 0 Å². The topological polar surface area (TPSA) is 41.6 Å². The molecule has 1 saturated heterocycles. The van der Waals surface area contributed by atoms with Gasteiger partial charge in [-0.3, -0.25) is 4.79 Å².